The van der Waals surface area contributed by atoms with Gasteiger partial charge in [-0.3, -0.25) is 0 Å². The van der Waals surface area contributed by atoms with Crippen molar-refractivity contribution in [2.24, 2.45) is 0 Å². The van der Waals surface area contributed by atoms with Gasteiger partial charge in [0, 0.05) is 11.6 Å². The number of nitriles is 1. The molecule has 2 unspecified atom stereocenters. The smallest absolute Gasteiger partial charge is 0.254 e. The Kier molecular flexibility index (Phi) is 2.48. The van der Waals surface area contributed by atoms with Crippen LogP contribution < -0.4 is 5.23 Å². The summed E-state index contributed by atoms with van der Waals surface area (Å²) in [6.07, 6.45) is 4.28. The minimum atomic E-state index is -1.23. The van der Waals surface area contributed by atoms with Crippen LogP contribution in [0, 0.1) is 16.5 Å². The van der Waals surface area contributed by atoms with Gasteiger partial charge in [-0.2, -0.15) is 5.26 Å². The maximum Gasteiger partial charge on any atom is 0.254 e. The van der Waals surface area contributed by atoms with Crippen molar-refractivity contribution in [2.75, 3.05) is 0 Å². The van der Waals surface area contributed by atoms with Crippen molar-refractivity contribution in [3.05, 3.63) is 16.9 Å². The molecule has 0 aromatic carbocycles. The summed E-state index contributed by atoms with van der Waals surface area (Å²) in [7, 11) is 0. The van der Waals surface area contributed by atoms with Gasteiger partial charge in [0.2, 0.25) is 0 Å². The Hall–Kier alpha value is -0.890. The highest BCUT2D eigenvalue weighted by atomic mass is 16.8. The summed E-state index contributed by atoms with van der Waals surface area (Å²) in [5.74, 6) is 0. The van der Waals surface area contributed by atoms with Gasteiger partial charge in [-0.25, -0.2) is 10.4 Å². The second kappa shape index (κ2) is 3.23. The largest absolute Gasteiger partial charge is 0.598 e. The van der Waals surface area contributed by atoms with Gasteiger partial charge in [-0.15, -0.1) is 0 Å². The minimum absolute atomic E-state index is 0.746. The highest BCUT2D eigenvalue weighted by Crippen LogP contribution is 2.34. The second-order valence-corrected chi connectivity index (χ2v) is 3.00. The lowest BCUT2D eigenvalue weighted by Crippen LogP contribution is -3.11. The van der Waals surface area contributed by atoms with E-state index in [1.54, 1.807) is 6.08 Å². The predicted octanol–water partition coefficient (Wildman–Crippen LogP) is 0.151. The first kappa shape index (κ1) is 9.20. The van der Waals surface area contributed by atoms with E-state index in [4.69, 9.17) is 10.5 Å². The van der Waals surface area contributed by atoms with Crippen LogP contribution in [0.1, 0.15) is 26.2 Å². The standard InChI is InChI=1S/C8H12N2O2/c1-2-3-4-7-5-8(7,6-9)10(11)12/h5,10-11H,2-4H2,1H3. The number of rotatable bonds is 4. The van der Waals surface area contributed by atoms with Gasteiger partial charge < -0.3 is 5.21 Å². The second-order valence-electron chi connectivity index (χ2n) is 3.00. The SMILES string of the molecule is CCCCC1=CC1(C#N)[NH+]([O-])O. The van der Waals surface area contributed by atoms with Crippen molar-refractivity contribution < 1.29 is 10.4 Å². The molecule has 1 aliphatic rings. The van der Waals surface area contributed by atoms with E-state index >= 15 is 0 Å². The fourth-order valence-electron chi connectivity index (χ4n) is 1.21. The third-order valence-electron chi connectivity index (χ3n) is 2.13. The molecule has 0 fully saturated rings. The van der Waals surface area contributed by atoms with Crippen molar-refractivity contribution in [1.29, 1.82) is 5.26 Å². The lowest BCUT2D eigenvalue weighted by atomic mass is 10.1. The molecule has 0 aromatic rings. The fraction of sp³-hybridized carbons (Fsp3) is 0.625. The third kappa shape index (κ3) is 1.34. The molecule has 0 saturated heterocycles. The Labute approximate surface area is 71.2 Å². The van der Waals surface area contributed by atoms with E-state index < -0.39 is 10.8 Å². The Morgan fingerprint density at radius 2 is 2.50 bits per heavy atom. The molecule has 1 rings (SSSR count). The molecule has 12 heavy (non-hydrogen) atoms. The maximum atomic E-state index is 10.6. The molecular weight excluding hydrogens is 156 g/mol. The normalized spacial score (nSPS) is 29.0. The summed E-state index contributed by atoms with van der Waals surface area (Å²) in [6, 6.07) is 1.82. The first-order valence-electron chi connectivity index (χ1n) is 4.04. The summed E-state index contributed by atoms with van der Waals surface area (Å²) in [5.41, 5.74) is -0.450. The quantitative estimate of drug-likeness (QED) is 0.463. The summed E-state index contributed by atoms with van der Waals surface area (Å²) in [6.45, 7) is 2.04. The molecule has 0 heterocycles. The molecule has 2 N–H and O–H groups in total. The van der Waals surface area contributed by atoms with Crippen LogP contribution in [-0.2, 0) is 0 Å². The summed E-state index contributed by atoms with van der Waals surface area (Å²) >= 11 is 0. The number of hydroxylamine groups is 2. The Balaban J connectivity index is 2.44. The van der Waals surface area contributed by atoms with Gasteiger partial charge in [0.25, 0.3) is 5.54 Å². The van der Waals surface area contributed by atoms with Crippen molar-refractivity contribution >= 4 is 0 Å². The molecule has 4 nitrogen and oxygen atoms in total. The monoisotopic (exact) mass is 168 g/mol. The molecule has 4 heteroatoms. The number of quaternary nitrogens is 1. The zero-order chi connectivity index (χ0) is 9.19. The zero-order valence-electron chi connectivity index (χ0n) is 7.00. The molecule has 1 aliphatic carbocycles. The van der Waals surface area contributed by atoms with Crippen LogP contribution >= 0.6 is 0 Å². The van der Waals surface area contributed by atoms with E-state index in [9.17, 15) is 5.21 Å². The number of hydrogen-bond acceptors (Lipinski definition) is 3. The lowest BCUT2D eigenvalue weighted by molar-refractivity contribution is -1.07. The predicted molar refractivity (Wildman–Crippen MR) is 42.1 cm³/mol. The van der Waals surface area contributed by atoms with Gasteiger partial charge in [-0.1, -0.05) is 13.3 Å². The molecule has 2 atom stereocenters. The lowest BCUT2D eigenvalue weighted by Gasteiger charge is -2.19. The molecular formula is C8H12N2O2. The first-order valence-corrected chi connectivity index (χ1v) is 4.04. The number of nitrogens with zero attached hydrogens (tertiary/aromatic N) is 1. The average molecular weight is 168 g/mol. The molecule has 0 radical (unpaired) electrons. The molecule has 0 bridgehead atoms. The van der Waals surface area contributed by atoms with Crippen molar-refractivity contribution in [2.45, 2.75) is 31.7 Å². The average Bonchev–Trinajstić information content (AvgIpc) is 2.76. The van der Waals surface area contributed by atoms with Crippen molar-refractivity contribution in [3.8, 4) is 6.07 Å². The highest BCUT2D eigenvalue weighted by molar-refractivity contribution is 5.49. The summed E-state index contributed by atoms with van der Waals surface area (Å²) in [4.78, 5) is 0. The Bertz CT molecular complexity index is 242. The molecule has 0 aliphatic heterocycles. The van der Waals surface area contributed by atoms with E-state index in [-0.39, 0.29) is 0 Å². The summed E-state index contributed by atoms with van der Waals surface area (Å²) in [5, 5.41) is 26.9. The molecule has 66 valence electrons. The van der Waals surface area contributed by atoms with E-state index in [1.165, 1.54) is 0 Å². The van der Waals surface area contributed by atoms with Crippen LogP contribution in [0.2, 0.25) is 0 Å². The third-order valence-corrected chi connectivity index (χ3v) is 2.13. The van der Waals surface area contributed by atoms with Crippen LogP contribution in [0.4, 0.5) is 0 Å². The van der Waals surface area contributed by atoms with Crippen LogP contribution in [0.3, 0.4) is 0 Å². The number of nitrogens with one attached hydrogen (secondary N) is 1. The Morgan fingerprint density at radius 1 is 1.83 bits per heavy atom. The maximum absolute atomic E-state index is 10.6. The van der Waals surface area contributed by atoms with E-state index in [0.717, 1.165) is 24.8 Å². The molecule has 0 saturated carbocycles. The fourth-order valence-corrected chi connectivity index (χ4v) is 1.21. The Morgan fingerprint density at radius 3 is 2.83 bits per heavy atom. The van der Waals surface area contributed by atoms with Crippen molar-refractivity contribution in [1.82, 2.24) is 0 Å². The van der Waals surface area contributed by atoms with Crippen LogP contribution in [-0.4, -0.2) is 10.7 Å². The van der Waals surface area contributed by atoms with Crippen LogP contribution in [0.5, 0.6) is 0 Å². The van der Waals surface area contributed by atoms with E-state index in [0.29, 0.717) is 0 Å². The number of hydrogen-bond donors (Lipinski definition) is 2. The molecule has 0 aromatic heterocycles. The van der Waals surface area contributed by atoms with Gasteiger partial charge in [0.05, 0.1) is 0 Å². The number of unbranched alkanes of at least 4 members (excludes halogenated alkanes) is 1. The first-order chi connectivity index (χ1) is 5.67. The van der Waals surface area contributed by atoms with Gasteiger partial charge in [-0.05, 0) is 12.8 Å². The van der Waals surface area contributed by atoms with E-state index in [2.05, 4.69) is 0 Å². The van der Waals surface area contributed by atoms with Crippen LogP contribution in [0.15, 0.2) is 11.6 Å². The minimum Gasteiger partial charge on any atom is -0.598 e. The van der Waals surface area contributed by atoms with Gasteiger partial charge in [0.1, 0.15) is 6.07 Å². The molecule has 0 spiro atoms. The van der Waals surface area contributed by atoms with Gasteiger partial charge in [0.15, 0.2) is 0 Å². The molecule has 0 amide bonds. The van der Waals surface area contributed by atoms with Crippen molar-refractivity contribution in [3.63, 3.8) is 0 Å². The van der Waals surface area contributed by atoms with Gasteiger partial charge >= 0.3 is 0 Å². The summed E-state index contributed by atoms with van der Waals surface area (Å²) < 4.78 is 0. The zero-order valence-corrected chi connectivity index (χ0v) is 7.00. The topological polar surface area (TPSA) is 71.5 Å². The highest BCUT2D eigenvalue weighted by Gasteiger charge is 2.51. The van der Waals surface area contributed by atoms with Crippen LogP contribution in [0.25, 0.3) is 0 Å². The van der Waals surface area contributed by atoms with E-state index in [1.807, 2.05) is 13.0 Å².